The van der Waals surface area contributed by atoms with Gasteiger partial charge in [-0.25, -0.2) is 18.2 Å². The smallest absolute Gasteiger partial charge is 0.339 e. The van der Waals surface area contributed by atoms with Crippen molar-refractivity contribution in [1.29, 1.82) is 0 Å². The molecule has 1 aliphatic rings. The summed E-state index contributed by atoms with van der Waals surface area (Å²) in [6, 6.07) is 3.38. The lowest BCUT2D eigenvalue weighted by Crippen LogP contribution is -3.17. The number of allylic oxidation sites excluding steroid dienone is 2. The van der Waals surface area contributed by atoms with Gasteiger partial charge in [0.1, 0.15) is 16.7 Å². The maximum atomic E-state index is 11.4. The molecule has 0 saturated heterocycles. The van der Waals surface area contributed by atoms with Crippen molar-refractivity contribution >= 4 is 32.0 Å². The maximum absolute atomic E-state index is 11.4. The predicted octanol–water partition coefficient (Wildman–Crippen LogP) is 0.287. The standard InChI is InChI=1S/C9H12O3S.C8H12BrN3O2/c1-6-4-7(2)9(8(3)5-6)13(10,11)12;1-2-14-8(13)5-3-6(9)7(10)12(11)4-5/h4-5H,1-3H3,(H,10,11,12);3H,2,4,10-11H2,1H3. The van der Waals surface area contributed by atoms with Gasteiger partial charge in [-0.3, -0.25) is 0 Å². The van der Waals surface area contributed by atoms with Gasteiger partial charge in [-0.15, -0.1) is 0 Å². The fourth-order valence-corrected chi connectivity index (χ4v) is 4.09. The van der Waals surface area contributed by atoms with Gasteiger partial charge < -0.3 is 15.0 Å². The molecule has 0 bridgehead atoms. The number of carbonyl (C=O) groups is 1. The molecule has 1 aliphatic heterocycles. The van der Waals surface area contributed by atoms with E-state index >= 15 is 0 Å². The molecule has 8 nitrogen and oxygen atoms in total. The lowest BCUT2D eigenvalue weighted by Gasteiger charge is -2.18. The number of esters is 1. The molecule has 1 aromatic carbocycles. The molecule has 2 rings (SSSR count). The van der Waals surface area contributed by atoms with E-state index in [1.165, 1.54) is 0 Å². The van der Waals surface area contributed by atoms with Gasteiger partial charge in [0.2, 0.25) is 5.82 Å². The molecule has 0 aliphatic carbocycles. The Morgan fingerprint density at radius 3 is 2.22 bits per heavy atom. The Hall–Kier alpha value is -1.72. The highest BCUT2D eigenvalue weighted by molar-refractivity contribution is 9.11. The van der Waals surface area contributed by atoms with Gasteiger partial charge in [-0.1, -0.05) is 17.7 Å². The zero-order chi connectivity index (χ0) is 20.9. The summed E-state index contributed by atoms with van der Waals surface area (Å²) in [5.74, 6) is 5.79. The Morgan fingerprint density at radius 2 is 1.81 bits per heavy atom. The Kier molecular flexibility index (Phi) is 8.18. The predicted molar refractivity (Wildman–Crippen MR) is 103 cm³/mol. The van der Waals surface area contributed by atoms with Gasteiger partial charge in [0.15, 0.2) is 0 Å². The number of quaternary nitrogens is 1. The van der Waals surface area contributed by atoms with Gasteiger partial charge in [-0.05, 0) is 60.8 Å². The van der Waals surface area contributed by atoms with Crippen LogP contribution in [-0.2, 0) is 19.6 Å². The van der Waals surface area contributed by atoms with Gasteiger partial charge in [0.25, 0.3) is 0 Å². The number of hydrogen-bond donors (Lipinski definition) is 3. The zero-order valence-electron chi connectivity index (χ0n) is 15.6. The quantitative estimate of drug-likeness (QED) is 0.333. The molecule has 1 unspecified atom stereocenters. The van der Waals surface area contributed by atoms with Crippen LogP contribution in [0.5, 0.6) is 0 Å². The third-order valence-corrected chi connectivity index (χ3v) is 5.48. The zero-order valence-corrected chi connectivity index (χ0v) is 18.0. The number of ether oxygens (including phenoxy) is 1. The largest absolute Gasteiger partial charge is 0.744 e. The average Bonchev–Trinajstić information content (AvgIpc) is 2.50. The van der Waals surface area contributed by atoms with E-state index in [1.54, 1.807) is 39.0 Å². The van der Waals surface area contributed by atoms with Gasteiger partial charge >= 0.3 is 5.97 Å². The highest BCUT2D eigenvalue weighted by Gasteiger charge is 2.24. The minimum absolute atomic E-state index is 0.0851. The average molecular weight is 462 g/mol. The van der Waals surface area contributed by atoms with E-state index in [0.717, 1.165) is 5.56 Å². The van der Waals surface area contributed by atoms with E-state index in [4.69, 9.17) is 16.3 Å². The van der Waals surface area contributed by atoms with Gasteiger partial charge in [-0.2, -0.15) is 5.84 Å². The molecule has 0 spiro atoms. The first-order valence-electron chi connectivity index (χ1n) is 8.06. The van der Waals surface area contributed by atoms with Crippen LogP contribution in [0.1, 0.15) is 23.6 Å². The van der Waals surface area contributed by atoms with Crippen molar-refractivity contribution in [3.63, 3.8) is 0 Å². The van der Waals surface area contributed by atoms with Crippen LogP contribution in [0.2, 0.25) is 0 Å². The number of rotatable bonds is 3. The summed E-state index contributed by atoms with van der Waals surface area (Å²) < 4.78 is 38.0. The summed E-state index contributed by atoms with van der Waals surface area (Å²) >= 11 is 3.22. The summed E-state index contributed by atoms with van der Waals surface area (Å²) in [5.41, 5.74) is 8.15. The van der Waals surface area contributed by atoms with Crippen LogP contribution in [0.25, 0.3) is 0 Å². The van der Waals surface area contributed by atoms with E-state index < -0.39 is 10.1 Å². The van der Waals surface area contributed by atoms with Crippen molar-refractivity contribution in [3.8, 4) is 0 Å². The summed E-state index contributed by atoms with van der Waals surface area (Å²) in [4.78, 5) is 11.3. The second-order valence-electron chi connectivity index (χ2n) is 6.04. The fraction of sp³-hybridized carbons (Fsp3) is 0.353. The van der Waals surface area contributed by atoms with Gasteiger partial charge in [0.05, 0.1) is 21.6 Å². The van der Waals surface area contributed by atoms with E-state index in [0.29, 0.717) is 45.2 Å². The number of hydrogen-bond acceptors (Lipinski definition) is 7. The van der Waals surface area contributed by atoms with Crippen LogP contribution in [0.4, 0.5) is 0 Å². The third kappa shape index (κ3) is 6.43. The monoisotopic (exact) mass is 461 g/mol. The number of halogens is 1. The Bertz CT molecular complexity index is 871. The van der Waals surface area contributed by atoms with E-state index in [2.05, 4.69) is 15.9 Å². The molecular weight excluding hydrogens is 438 g/mol. The summed E-state index contributed by atoms with van der Waals surface area (Å²) in [5, 5.41) is 0.488. The molecule has 10 heteroatoms. The molecule has 5 N–H and O–H groups in total. The second kappa shape index (κ2) is 9.47. The molecule has 27 heavy (non-hydrogen) atoms. The summed E-state index contributed by atoms with van der Waals surface area (Å²) in [6.45, 7) is 7.58. The van der Waals surface area contributed by atoms with Gasteiger partial charge in [0, 0.05) is 0 Å². The molecular formula is C17H24BrN3O5S. The Balaban J connectivity index is 0.000000271. The minimum Gasteiger partial charge on any atom is -0.744 e. The molecule has 0 fully saturated rings. The molecule has 150 valence electrons. The topological polar surface area (TPSA) is 140 Å². The first kappa shape index (κ1) is 23.3. The minimum atomic E-state index is -4.33. The molecule has 0 saturated carbocycles. The van der Waals surface area contributed by atoms with Crippen LogP contribution in [0, 0.1) is 20.8 Å². The SMILES string of the molecule is CCOC(=O)C1=CC(Br)=C(N)[NH+](N)C1.Cc1cc(C)c(S(=O)(=O)[O-])c(C)c1. The number of benzene rings is 1. The molecule has 0 amide bonds. The normalized spacial score (nSPS) is 17.0. The number of nitrogens with one attached hydrogen (secondary N) is 1. The lowest BCUT2D eigenvalue weighted by molar-refractivity contribution is -0.870. The molecule has 1 aromatic rings. The van der Waals surface area contributed by atoms with Crippen LogP contribution < -0.4 is 16.6 Å². The van der Waals surface area contributed by atoms with Crippen molar-refractivity contribution in [2.45, 2.75) is 32.6 Å². The summed E-state index contributed by atoms with van der Waals surface area (Å²) in [7, 11) is -4.33. The van der Waals surface area contributed by atoms with Crippen molar-refractivity contribution < 1.29 is 27.5 Å². The van der Waals surface area contributed by atoms with E-state index in [1.807, 2.05) is 6.92 Å². The first-order chi connectivity index (χ1) is 12.4. The fourth-order valence-electron chi connectivity index (χ4n) is 2.65. The van der Waals surface area contributed by atoms with Crippen LogP contribution in [-0.4, -0.2) is 32.1 Å². The van der Waals surface area contributed by atoms with Crippen LogP contribution in [0.15, 0.2) is 39.0 Å². The number of aryl methyl sites for hydroxylation is 3. The van der Waals surface area contributed by atoms with Crippen molar-refractivity contribution in [2.75, 3.05) is 13.2 Å². The molecule has 1 heterocycles. The highest BCUT2D eigenvalue weighted by Crippen LogP contribution is 2.20. The highest BCUT2D eigenvalue weighted by atomic mass is 79.9. The van der Waals surface area contributed by atoms with Crippen LogP contribution >= 0.6 is 15.9 Å². The third-order valence-electron chi connectivity index (χ3n) is 3.68. The molecule has 1 atom stereocenters. The van der Waals surface area contributed by atoms with Crippen molar-refractivity contribution in [3.05, 3.63) is 50.8 Å². The van der Waals surface area contributed by atoms with Crippen LogP contribution in [0.3, 0.4) is 0 Å². The van der Waals surface area contributed by atoms with E-state index in [9.17, 15) is 17.8 Å². The first-order valence-corrected chi connectivity index (χ1v) is 10.3. The Morgan fingerprint density at radius 1 is 1.30 bits per heavy atom. The number of nitrogens with two attached hydrogens (primary N) is 2. The summed E-state index contributed by atoms with van der Waals surface area (Å²) in [6.07, 6.45) is 1.64. The molecule has 0 aromatic heterocycles. The molecule has 0 radical (unpaired) electrons. The maximum Gasteiger partial charge on any atom is 0.339 e. The Labute approximate surface area is 167 Å². The second-order valence-corrected chi connectivity index (χ2v) is 8.21. The van der Waals surface area contributed by atoms with Crippen molar-refractivity contribution in [2.24, 2.45) is 11.6 Å². The van der Waals surface area contributed by atoms with Crippen molar-refractivity contribution in [1.82, 2.24) is 0 Å². The number of carbonyl (C=O) groups excluding carboxylic acids is 1. The van der Waals surface area contributed by atoms with E-state index in [-0.39, 0.29) is 10.9 Å². The lowest BCUT2D eigenvalue weighted by atomic mass is 10.1.